The van der Waals surface area contributed by atoms with Crippen molar-refractivity contribution in [3.05, 3.63) is 35.2 Å². The maximum Gasteiger partial charge on any atom is 0.309 e. The molecule has 1 fully saturated rings. The van der Waals surface area contributed by atoms with E-state index in [1.54, 1.807) is 23.3 Å². The molecule has 0 aliphatic carbocycles. The zero-order valence-corrected chi connectivity index (χ0v) is 13.7. The average Bonchev–Trinajstić information content (AvgIpc) is 3.09. The normalized spacial score (nSPS) is 21.3. The van der Waals surface area contributed by atoms with Gasteiger partial charge in [-0.3, -0.25) is 9.59 Å². The molecule has 5 nitrogen and oxygen atoms in total. The van der Waals surface area contributed by atoms with Gasteiger partial charge in [0.05, 0.1) is 12.0 Å². The number of fused-ring (bicyclic) bond motifs is 1. The van der Waals surface area contributed by atoms with Gasteiger partial charge in [0.25, 0.3) is 0 Å². The lowest BCUT2D eigenvalue weighted by Gasteiger charge is -2.27. The summed E-state index contributed by atoms with van der Waals surface area (Å²) in [7, 11) is 1.62. The fourth-order valence-electron chi connectivity index (χ4n) is 3.27. The molecule has 1 aliphatic heterocycles. The Morgan fingerprint density at radius 2 is 2.22 bits per heavy atom. The van der Waals surface area contributed by atoms with Crippen molar-refractivity contribution >= 4 is 33.3 Å². The Morgan fingerprint density at radius 1 is 1.43 bits per heavy atom. The first-order chi connectivity index (χ1) is 11.1. The standard InChI is InChI=1S/C17H19NO4S/c1-22-8-4-7-18-15(19)9-12(17(20)21)16(18)13-10-23-14-6-3-2-5-11(13)14/h2-3,5-6,10,12,16H,4,7-9H2,1H3,(H,20,21)/t12-,16+/m0/s1. The van der Waals surface area contributed by atoms with Crippen molar-refractivity contribution in [2.75, 3.05) is 20.3 Å². The van der Waals surface area contributed by atoms with Gasteiger partial charge in [0, 0.05) is 31.4 Å². The number of rotatable bonds is 6. The summed E-state index contributed by atoms with van der Waals surface area (Å²) in [5.41, 5.74) is 0.946. The van der Waals surface area contributed by atoms with Gasteiger partial charge >= 0.3 is 5.97 Å². The van der Waals surface area contributed by atoms with Gasteiger partial charge in [-0.05, 0) is 28.8 Å². The number of hydrogen-bond donors (Lipinski definition) is 1. The van der Waals surface area contributed by atoms with E-state index in [1.165, 1.54) is 0 Å². The maximum atomic E-state index is 12.4. The van der Waals surface area contributed by atoms with Crippen molar-refractivity contribution in [1.29, 1.82) is 0 Å². The number of benzene rings is 1. The third-order valence-corrected chi connectivity index (χ3v) is 5.31. The van der Waals surface area contributed by atoms with Crippen LogP contribution in [0, 0.1) is 5.92 Å². The third-order valence-electron chi connectivity index (χ3n) is 4.33. The topological polar surface area (TPSA) is 66.8 Å². The minimum Gasteiger partial charge on any atom is -0.481 e. The van der Waals surface area contributed by atoms with Gasteiger partial charge in [-0.25, -0.2) is 0 Å². The zero-order chi connectivity index (χ0) is 16.4. The van der Waals surface area contributed by atoms with Crippen molar-refractivity contribution < 1.29 is 19.4 Å². The van der Waals surface area contributed by atoms with Gasteiger partial charge in [-0.1, -0.05) is 18.2 Å². The van der Waals surface area contributed by atoms with Crippen LogP contribution in [0.5, 0.6) is 0 Å². The molecule has 1 aliphatic rings. The molecule has 1 N–H and O–H groups in total. The van der Waals surface area contributed by atoms with Crippen LogP contribution in [-0.2, 0) is 14.3 Å². The number of carbonyl (C=O) groups is 2. The highest BCUT2D eigenvalue weighted by molar-refractivity contribution is 7.17. The van der Waals surface area contributed by atoms with Gasteiger partial charge < -0.3 is 14.7 Å². The number of carboxylic acid groups (broad SMARTS) is 1. The van der Waals surface area contributed by atoms with E-state index in [2.05, 4.69) is 0 Å². The molecule has 0 bridgehead atoms. The number of amides is 1. The first kappa shape index (κ1) is 16.0. The van der Waals surface area contributed by atoms with Crippen LogP contribution in [-0.4, -0.2) is 42.1 Å². The lowest BCUT2D eigenvalue weighted by atomic mass is 9.93. The summed E-state index contributed by atoms with van der Waals surface area (Å²) in [6, 6.07) is 7.53. The first-order valence-electron chi connectivity index (χ1n) is 7.61. The predicted octanol–water partition coefficient (Wildman–Crippen LogP) is 2.91. The molecule has 1 saturated heterocycles. The second-order valence-corrected chi connectivity index (χ2v) is 6.63. The summed E-state index contributed by atoms with van der Waals surface area (Å²) in [5.74, 6) is -1.69. The second kappa shape index (κ2) is 6.68. The molecule has 0 unspecified atom stereocenters. The number of likely N-dealkylation sites (tertiary alicyclic amines) is 1. The Hall–Kier alpha value is -1.92. The minimum absolute atomic E-state index is 0.0666. The van der Waals surface area contributed by atoms with E-state index in [4.69, 9.17) is 4.74 Å². The van der Waals surface area contributed by atoms with E-state index in [1.807, 2.05) is 29.6 Å². The van der Waals surface area contributed by atoms with E-state index >= 15 is 0 Å². The maximum absolute atomic E-state index is 12.4. The number of carboxylic acids is 1. The second-order valence-electron chi connectivity index (χ2n) is 5.71. The molecular formula is C17H19NO4S. The summed E-state index contributed by atoms with van der Waals surface area (Å²) in [4.78, 5) is 25.7. The summed E-state index contributed by atoms with van der Waals surface area (Å²) in [5, 5.41) is 12.6. The van der Waals surface area contributed by atoms with Crippen LogP contribution < -0.4 is 0 Å². The predicted molar refractivity (Wildman–Crippen MR) is 88.5 cm³/mol. The summed E-state index contributed by atoms with van der Waals surface area (Å²) in [6.07, 6.45) is 0.768. The lowest BCUT2D eigenvalue weighted by Crippen LogP contribution is -2.31. The number of thiophene rings is 1. The van der Waals surface area contributed by atoms with Gasteiger partial charge in [0.1, 0.15) is 0 Å². The van der Waals surface area contributed by atoms with Gasteiger partial charge in [-0.2, -0.15) is 0 Å². The Morgan fingerprint density at radius 3 is 2.96 bits per heavy atom. The molecule has 3 rings (SSSR count). The Balaban J connectivity index is 1.99. The quantitative estimate of drug-likeness (QED) is 0.826. The number of ether oxygens (including phenoxy) is 1. The minimum atomic E-state index is -0.909. The molecule has 2 atom stereocenters. The SMILES string of the molecule is COCCCN1C(=O)C[C@H](C(=O)O)[C@@H]1c1csc2ccccc12. The van der Waals surface area contributed by atoms with Gasteiger partial charge in [0.2, 0.25) is 5.91 Å². The average molecular weight is 333 g/mol. The number of nitrogens with zero attached hydrogens (tertiary/aromatic N) is 1. The molecule has 2 heterocycles. The van der Waals surface area contributed by atoms with Crippen LogP contribution in [0.4, 0.5) is 0 Å². The molecule has 1 amide bonds. The molecule has 122 valence electrons. The van der Waals surface area contributed by atoms with Crippen molar-refractivity contribution in [3.8, 4) is 0 Å². The monoisotopic (exact) mass is 333 g/mol. The van der Waals surface area contributed by atoms with Crippen LogP contribution in [0.2, 0.25) is 0 Å². The highest BCUT2D eigenvalue weighted by Crippen LogP contribution is 2.43. The van der Waals surface area contributed by atoms with Gasteiger partial charge in [0.15, 0.2) is 0 Å². The van der Waals surface area contributed by atoms with Crippen molar-refractivity contribution in [2.45, 2.75) is 18.9 Å². The number of carbonyl (C=O) groups excluding carboxylic acids is 1. The van der Waals surface area contributed by atoms with Gasteiger partial charge in [-0.15, -0.1) is 11.3 Å². The molecule has 1 aromatic heterocycles. The molecule has 0 radical (unpaired) electrons. The van der Waals surface area contributed by atoms with Crippen LogP contribution in [0.15, 0.2) is 29.6 Å². The van der Waals surface area contributed by atoms with Crippen LogP contribution >= 0.6 is 11.3 Å². The summed E-state index contributed by atoms with van der Waals surface area (Å²) >= 11 is 1.59. The zero-order valence-electron chi connectivity index (χ0n) is 12.9. The Bertz CT molecular complexity index is 726. The molecular weight excluding hydrogens is 314 g/mol. The summed E-state index contributed by atoms with van der Waals surface area (Å²) < 4.78 is 6.17. The third kappa shape index (κ3) is 2.96. The molecule has 2 aromatic rings. The number of aliphatic carboxylic acids is 1. The molecule has 0 saturated carbocycles. The smallest absolute Gasteiger partial charge is 0.309 e. The van der Waals surface area contributed by atoms with Crippen molar-refractivity contribution in [1.82, 2.24) is 4.90 Å². The fourth-order valence-corrected chi connectivity index (χ4v) is 4.26. The Kier molecular flexibility index (Phi) is 4.63. The highest BCUT2D eigenvalue weighted by Gasteiger charge is 2.45. The van der Waals surface area contributed by atoms with Crippen LogP contribution in [0.1, 0.15) is 24.4 Å². The largest absolute Gasteiger partial charge is 0.481 e. The van der Waals surface area contributed by atoms with E-state index in [9.17, 15) is 14.7 Å². The highest BCUT2D eigenvalue weighted by atomic mass is 32.1. The van der Waals surface area contributed by atoms with E-state index < -0.39 is 17.9 Å². The van der Waals surface area contributed by atoms with Crippen molar-refractivity contribution in [3.63, 3.8) is 0 Å². The van der Waals surface area contributed by atoms with Crippen molar-refractivity contribution in [2.24, 2.45) is 5.92 Å². The first-order valence-corrected chi connectivity index (χ1v) is 8.48. The molecule has 0 spiro atoms. The number of hydrogen-bond acceptors (Lipinski definition) is 4. The molecule has 6 heteroatoms. The molecule has 1 aromatic carbocycles. The Labute approximate surface area is 138 Å². The lowest BCUT2D eigenvalue weighted by molar-refractivity contribution is -0.142. The van der Waals surface area contributed by atoms with Crippen LogP contribution in [0.3, 0.4) is 0 Å². The molecule has 23 heavy (non-hydrogen) atoms. The van der Waals surface area contributed by atoms with E-state index in [0.29, 0.717) is 19.6 Å². The van der Waals surface area contributed by atoms with E-state index in [-0.39, 0.29) is 12.3 Å². The fraction of sp³-hybridized carbons (Fsp3) is 0.412. The van der Waals surface area contributed by atoms with E-state index in [0.717, 1.165) is 15.6 Å². The summed E-state index contributed by atoms with van der Waals surface area (Å²) in [6.45, 7) is 1.07. The van der Waals surface area contributed by atoms with Crippen LogP contribution in [0.25, 0.3) is 10.1 Å². The number of methoxy groups -OCH3 is 1.